The Morgan fingerprint density at radius 1 is 1.45 bits per heavy atom. The Labute approximate surface area is 120 Å². The molecule has 4 nitrogen and oxygen atoms in total. The minimum atomic E-state index is -0.442. The van der Waals surface area contributed by atoms with Gasteiger partial charge in [-0.2, -0.15) is 0 Å². The quantitative estimate of drug-likeness (QED) is 0.835. The van der Waals surface area contributed by atoms with Gasteiger partial charge in [-0.25, -0.2) is 0 Å². The molecular weight excluding hydrogens is 252 g/mol. The van der Waals surface area contributed by atoms with E-state index in [4.69, 9.17) is 10.5 Å². The van der Waals surface area contributed by atoms with E-state index >= 15 is 0 Å². The summed E-state index contributed by atoms with van der Waals surface area (Å²) in [5.41, 5.74) is 6.47. The summed E-state index contributed by atoms with van der Waals surface area (Å²) < 4.78 is 5.71. The van der Waals surface area contributed by atoms with Crippen LogP contribution in [-0.2, 0) is 9.53 Å². The summed E-state index contributed by atoms with van der Waals surface area (Å²) in [6.07, 6.45) is 1.16. The number of ether oxygens (including phenoxy) is 1. The van der Waals surface area contributed by atoms with Crippen LogP contribution in [0.5, 0.6) is 0 Å². The van der Waals surface area contributed by atoms with Gasteiger partial charge in [0.1, 0.15) is 6.04 Å². The minimum absolute atomic E-state index is 0.0124. The zero-order chi connectivity index (χ0) is 14.8. The van der Waals surface area contributed by atoms with Crippen molar-refractivity contribution in [3.05, 3.63) is 35.9 Å². The molecule has 0 aliphatic heterocycles. The van der Waals surface area contributed by atoms with Gasteiger partial charge in [0.25, 0.3) is 0 Å². The van der Waals surface area contributed by atoms with Gasteiger partial charge in [0.05, 0.1) is 6.10 Å². The van der Waals surface area contributed by atoms with Crippen molar-refractivity contribution in [2.24, 2.45) is 11.1 Å². The van der Waals surface area contributed by atoms with Gasteiger partial charge in [0.15, 0.2) is 0 Å². The molecular formula is C16H24N2O2. The van der Waals surface area contributed by atoms with Gasteiger partial charge >= 0.3 is 0 Å². The molecule has 0 aromatic heterocycles. The van der Waals surface area contributed by atoms with E-state index in [0.29, 0.717) is 0 Å². The van der Waals surface area contributed by atoms with Crippen molar-refractivity contribution in [3.63, 3.8) is 0 Å². The van der Waals surface area contributed by atoms with Crippen LogP contribution in [0, 0.1) is 5.41 Å². The molecule has 0 radical (unpaired) electrons. The molecule has 2 rings (SSSR count). The number of carbonyl (C=O) groups excluding carboxylic acids is 1. The third-order valence-electron chi connectivity index (χ3n) is 4.33. The van der Waals surface area contributed by atoms with E-state index in [-0.39, 0.29) is 23.5 Å². The molecule has 0 unspecified atom stereocenters. The van der Waals surface area contributed by atoms with Crippen molar-refractivity contribution in [1.82, 2.24) is 5.32 Å². The average Bonchev–Trinajstić information content (AvgIpc) is 2.42. The second-order valence-electron chi connectivity index (χ2n) is 5.97. The molecule has 1 amide bonds. The van der Waals surface area contributed by atoms with Gasteiger partial charge < -0.3 is 10.5 Å². The third-order valence-corrected chi connectivity index (χ3v) is 4.33. The molecule has 0 heterocycles. The molecule has 0 spiro atoms. The highest BCUT2D eigenvalue weighted by atomic mass is 16.5. The summed E-state index contributed by atoms with van der Waals surface area (Å²) in [4.78, 5) is 11.7. The Balaban J connectivity index is 2.06. The zero-order valence-electron chi connectivity index (χ0n) is 12.4. The lowest BCUT2D eigenvalue weighted by atomic mass is 9.64. The van der Waals surface area contributed by atoms with Crippen LogP contribution in [-0.4, -0.2) is 24.7 Å². The van der Waals surface area contributed by atoms with Crippen molar-refractivity contribution in [3.8, 4) is 0 Å². The highest BCUT2D eigenvalue weighted by molar-refractivity contribution is 5.81. The maximum absolute atomic E-state index is 11.7. The fourth-order valence-electron chi connectivity index (χ4n) is 2.84. The van der Waals surface area contributed by atoms with Crippen LogP contribution < -0.4 is 11.1 Å². The molecule has 1 saturated carbocycles. The van der Waals surface area contributed by atoms with Crippen LogP contribution in [0.25, 0.3) is 0 Å². The van der Waals surface area contributed by atoms with E-state index < -0.39 is 6.04 Å². The van der Waals surface area contributed by atoms with Gasteiger partial charge in [0.2, 0.25) is 5.91 Å². The van der Waals surface area contributed by atoms with E-state index in [9.17, 15) is 4.79 Å². The molecule has 0 bridgehead atoms. The molecule has 3 N–H and O–H groups in total. The molecule has 1 aromatic rings. The first-order valence-electron chi connectivity index (χ1n) is 7.18. The monoisotopic (exact) mass is 276 g/mol. The van der Waals surface area contributed by atoms with Crippen LogP contribution in [0.2, 0.25) is 0 Å². The smallest absolute Gasteiger partial charge is 0.239 e. The van der Waals surface area contributed by atoms with Gasteiger partial charge in [-0.15, -0.1) is 0 Å². The normalized spacial score (nSPS) is 25.8. The van der Waals surface area contributed by atoms with Gasteiger partial charge in [-0.1, -0.05) is 44.2 Å². The number of carbonyl (C=O) groups is 1. The van der Waals surface area contributed by atoms with E-state index in [1.807, 2.05) is 37.3 Å². The van der Waals surface area contributed by atoms with E-state index in [1.54, 1.807) is 0 Å². The van der Waals surface area contributed by atoms with E-state index in [1.165, 1.54) is 0 Å². The standard InChI is InChI=1S/C16H24N2O2/c1-4-20-13-10-12(16(13,2)3)18-14(15(17)19)11-8-6-5-7-9-11/h5-9,12-14,18H,4,10H2,1-3H3,(H2,17,19)/t12-,13-,14-/m1/s1. The summed E-state index contributed by atoms with van der Waals surface area (Å²) in [7, 11) is 0. The number of rotatable bonds is 6. The SMILES string of the molecule is CCO[C@@H]1C[C@@H](N[C@@H](C(N)=O)c2ccccc2)C1(C)C. The summed E-state index contributed by atoms with van der Waals surface area (Å²) in [6.45, 7) is 7.06. The summed E-state index contributed by atoms with van der Waals surface area (Å²) in [5.74, 6) is -0.341. The molecule has 1 fully saturated rings. The number of amides is 1. The summed E-state index contributed by atoms with van der Waals surface area (Å²) >= 11 is 0. The Bertz CT molecular complexity index is 459. The van der Waals surface area contributed by atoms with Crippen LogP contribution in [0.15, 0.2) is 30.3 Å². The van der Waals surface area contributed by atoms with Crippen molar-refractivity contribution in [1.29, 1.82) is 0 Å². The second-order valence-corrected chi connectivity index (χ2v) is 5.97. The molecule has 1 aliphatic carbocycles. The summed E-state index contributed by atoms with van der Waals surface area (Å²) in [5, 5.41) is 3.39. The molecule has 0 saturated heterocycles. The fraction of sp³-hybridized carbons (Fsp3) is 0.562. The Kier molecular flexibility index (Phi) is 4.45. The molecule has 3 atom stereocenters. The zero-order valence-corrected chi connectivity index (χ0v) is 12.4. The van der Waals surface area contributed by atoms with Crippen molar-refractivity contribution in [2.45, 2.75) is 45.4 Å². The number of hydrogen-bond donors (Lipinski definition) is 2. The van der Waals surface area contributed by atoms with Crippen molar-refractivity contribution < 1.29 is 9.53 Å². The van der Waals surface area contributed by atoms with Crippen LogP contribution in [0.4, 0.5) is 0 Å². The number of primary amides is 1. The lowest BCUT2D eigenvalue weighted by Crippen LogP contribution is -2.62. The van der Waals surface area contributed by atoms with Crippen LogP contribution in [0.1, 0.15) is 38.8 Å². The fourth-order valence-corrected chi connectivity index (χ4v) is 2.84. The first kappa shape index (κ1) is 15.0. The molecule has 1 aromatic carbocycles. The lowest BCUT2D eigenvalue weighted by Gasteiger charge is -2.52. The molecule has 1 aliphatic rings. The number of nitrogens with one attached hydrogen (secondary N) is 1. The van der Waals surface area contributed by atoms with Gasteiger partial charge in [-0.3, -0.25) is 10.1 Å². The Morgan fingerprint density at radius 2 is 2.10 bits per heavy atom. The first-order valence-corrected chi connectivity index (χ1v) is 7.18. The number of benzene rings is 1. The maximum atomic E-state index is 11.7. The van der Waals surface area contributed by atoms with Gasteiger partial charge in [-0.05, 0) is 18.9 Å². The highest BCUT2D eigenvalue weighted by Gasteiger charge is 2.49. The number of hydrogen-bond acceptors (Lipinski definition) is 3. The molecule has 4 heteroatoms. The van der Waals surface area contributed by atoms with E-state index in [0.717, 1.165) is 18.6 Å². The van der Waals surface area contributed by atoms with E-state index in [2.05, 4.69) is 19.2 Å². The second kappa shape index (κ2) is 5.94. The summed E-state index contributed by atoms with van der Waals surface area (Å²) in [6, 6.07) is 9.41. The maximum Gasteiger partial charge on any atom is 0.239 e. The van der Waals surface area contributed by atoms with Crippen molar-refractivity contribution >= 4 is 5.91 Å². The Morgan fingerprint density at radius 3 is 2.60 bits per heavy atom. The number of nitrogens with two attached hydrogens (primary N) is 1. The lowest BCUT2D eigenvalue weighted by molar-refractivity contribution is -0.129. The molecule has 20 heavy (non-hydrogen) atoms. The predicted molar refractivity (Wildman–Crippen MR) is 79.1 cm³/mol. The third kappa shape index (κ3) is 2.86. The highest BCUT2D eigenvalue weighted by Crippen LogP contribution is 2.43. The average molecular weight is 276 g/mol. The predicted octanol–water partition coefficient (Wildman–Crippen LogP) is 2.01. The van der Waals surface area contributed by atoms with Crippen LogP contribution >= 0.6 is 0 Å². The van der Waals surface area contributed by atoms with Crippen molar-refractivity contribution in [2.75, 3.05) is 6.61 Å². The topological polar surface area (TPSA) is 64.3 Å². The largest absolute Gasteiger partial charge is 0.378 e. The molecule has 110 valence electrons. The Hall–Kier alpha value is -1.39. The van der Waals surface area contributed by atoms with Gasteiger partial charge in [0, 0.05) is 18.1 Å². The van der Waals surface area contributed by atoms with Crippen LogP contribution in [0.3, 0.4) is 0 Å². The first-order chi connectivity index (χ1) is 9.46. The minimum Gasteiger partial charge on any atom is -0.378 e.